The van der Waals surface area contributed by atoms with Gasteiger partial charge in [0.1, 0.15) is 12.4 Å². The molecule has 0 saturated heterocycles. The number of hydrogen-bond donors (Lipinski definition) is 1. The molecule has 0 aromatic heterocycles. The quantitative estimate of drug-likeness (QED) is 0.712. The van der Waals surface area contributed by atoms with Crippen LogP contribution >= 0.6 is 0 Å². The first-order valence-corrected chi connectivity index (χ1v) is 3.54. The zero-order valence-electron chi connectivity index (χ0n) is 6.53. The van der Waals surface area contributed by atoms with Crippen molar-refractivity contribution >= 4 is 5.69 Å². The molecule has 0 atom stereocenters. The fraction of sp³-hybridized carbons (Fsp3) is 0.250. The van der Waals surface area contributed by atoms with Crippen LogP contribution in [0.3, 0.4) is 0 Å². The molecule has 1 rings (SSSR count). The van der Waals surface area contributed by atoms with Gasteiger partial charge in [-0.25, -0.2) is 4.39 Å². The molecular formula is C8H7F4N. The van der Waals surface area contributed by atoms with Crippen LogP contribution in [-0.2, 0) is 0 Å². The monoisotopic (exact) mass is 193 g/mol. The highest BCUT2D eigenvalue weighted by atomic mass is 19.4. The molecule has 0 aliphatic carbocycles. The minimum atomic E-state index is -4.33. The highest BCUT2D eigenvalue weighted by molar-refractivity contribution is 5.44. The molecule has 0 bridgehead atoms. The number of benzene rings is 1. The summed E-state index contributed by atoms with van der Waals surface area (Å²) in [6, 6.07) is 5.22. The smallest absolute Gasteiger partial charge is 0.374 e. The Hall–Kier alpha value is -1.26. The fourth-order valence-corrected chi connectivity index (χ4v) is 0.800. The molecule has 0 heterocycles. The Morgan fingerprint density at radius 2 is 1.77 bits per heavy atom. The lowest BCUT2D eigenvalue weighted by Crippen LogP contribution is -2.21. The van der Waals surface area contributed by atoms with E-state index in [4.69, 9.17) is 0 Å². The van der Waals surface area contributed by atoms with E-state index in [0.717, 1.165) is 6.07 Å². The average Bonchev–Trinajstić information content (AvgIpc) is 2.01. The van der Waals surface area contributed by atoms with Crippen molar-refractivity contribution in [3.8, 4) is 0 Å². The molecular weight excluding hydrogens is 186 g/mol. The predicted molar refractivity (Wildman–Crippen MR) is 40.9 cm³/mol. The van der Waals surface area contributed by atoms with Crippen LogP contribution in [0.2, 0.25) is 0 Å². The normalized spacial score (nSPS) is 11.4. The van der Waals surface area contributed by atoms with Crippen LogP contribution in [0.1, 0.15) is 0 Å². The molecule has 72 valence electrons. The van der Waals surface area contributed by atoms with Crippen LogP contribution in [0.15, 0.2) is 24.3 Å². The molecule has 0 fully saturated rings. The van der Waals surface area contributed by atoms with Crippen molar-refractivity contribution in [1.29, 1.82) is 0 Å². The lowest BCUT2D eigenvalue weighted by atomic mass is 10.3. The Morgan fingerprint density at radius 1 is 1.15 bits per heavy atom. The van der Waals surface area contributed by atoms with Crippen molar-refractivity contribution in [3.05, 3.63) is 30.1 Å². The first-order valence-electron chi connectivity index (χ1n) is 3.54. The molecule has 1 aromatic carbocycles. The van der Waals surface area contributed by atoms with Gasteiger partial charge in [-0.1, -0.05) is 12.1 Å². The molecule has 1 nitrogen and oxygen atoms in total. The molecule has 0 spiro atoms. The summed E-state index contributed by atoms with van der Waals surface area (Å²) in [6.07, 6.45) is -4.33. The van der Waals surface area contributed by atoms with Crippen molar-refractivity contribution in [3.63, 3.8) is 0 Å². The van der Waals surface area contributed by atoms with Gasteiger partial charge in [0.05, 0.1) is 5.69 Å². The highest BCUT2D eigenvalue weighted by Crippen LogP contribution is 2.18. The number of halogens is 4. The van der Waals surface area contributed by atoms with Gasteiger partial charge in [-0.15, -0.1) is 0 Å². The van der Waals surface area contributed by atoms with Crippen molar-refractivity contribution in [2.24, 2.45) is 0 Å². The van der Waals surface area contributed by atoms with E-state index in [0.29, 0.717) is 0 Å². The lowest BCUT2D eigenvalue weighted by molar-refractivity contribution is -0.115. The summed E-state index contributed by atoms with van der Waals surface area (Å²) in [5, 5.41) is 1.95. The first-order chi connectivity index (χ1) is 5.99. The Morgan fingerprint density at radius 3 is 2.31 bits per heavy atom. The number of nitrogens with one attached hydrogen (secondary N) is 1. The maximum absolute atomic E-state index is 12.7. The van der Waals surface area contributed by atoms with Gasteiger partial charge >= 0.3 is 6.18 Å². The molecule has 1 aromatic rings. The van der Waals surface area contributed by atoms with Gasteiger partial charge in [-0.3, -0.25) is 0 Å². The third kappa shape index (κ3) is 3.31. The minimum absolute atomic E-state index is 0.139. The standard InChI is InChI=1S/C8H7F4N/c9-6-3-1-2-4-7(6)13-5-8(10,11)12/h1-4,13H,5H2. The lowest BCUT2D eigenvalue weighted by Gasteiger charge is -2.09. The van der Waals surface area contributed by atoms with Gasteiger partial charge in [0.25, 0.3) is 0 Å². The molecule has 5 heteroatoms. The maximum Gasteiger partial charge on any atom is 0.405 e. The molecule has 0 aliphatic rings. The van der Waals surface area contributed by atoms with E-state index >= 15 is 0 Å². The highest BCUT2D eigenvalue weighted by Gasteiger charge is 2.26. The van der Waals surface area contributed by atoms with Gasteiger partial charge in [0.15, 0.2) is 0 Å². The second-order valence-electron chi connectivity index (χ2n) is 2.45. The second kappa shape index (κ2) is 3.64. The van der Waals surface area contributed by atoms with Gasteiger partial charge in [0.2, 0.25) is 0 Å². The zero-order valence-corrected chi connectivity index (χ0v) is 6.53. The summed E-state index contributed by atoms with van der Waals surface area (Å²) in [6.45, 7) is -1.23. The Balaban J connectivity index is 2.60. The van der Waals surface area contributed by atoms with Gasteiger partial charge in [0, 0.05) is 0 Å². The van der Waals surface area contributed by atoms with Crippen LogP contribution < -0.4 is 5.32 Å². The van der Waals surface area contributed by atoms with Crippen molar-refractivity contribution in [1.82, 2.24) is 0 Å². The Kier molecular flexibility index (Phi) is 2.75. The van der Waals surface area contributed by atoms with Gasteiger partial charge in [-0.2, -0.15) is 13.2 Å². The number of anilines is 1. The minimum Gasteiger partial charge on any atom is -0.374 e. The van der Waals surface area contributed by atoms with Crippen LogP contribution in [0.4, 0.5) is 23.2 Å². The van der Waals surface area contributed by atoms with E-state index in [9.17, 15) is 17.6 Å². The molecule has 1 N–H and O–H groups in total. The van der Waals surface area contributed by atoms with E-state index in [1.807, 2.05) is 5.32 Å². The number of rotatable bonds is 2. The molecule has 0 amide bonds. The summed E-state index contributed by atoms with van der Waals surface area (Å²) in [4.78, 5) is 0. The number of para-hydroxylation sites is 1. The van der Waals surface area contributed by atoms with E-state index in [2.05, 4.69) is 0 Å². The summed E-state index contributed by atoms with van der Waals surface area (Å²) in [7, 11) is 0. The van der Waals surface area contributed by atoms with Crippen molar-refractivity contribution in [2.45, 2.75) is 6.18 Å². The van der Waals surface area contributed by atoms with Crippen molar-refractivity contribution < 1.29 is 17.6 Å². The third-order valence-corrected chi connectivity index (χ3v) is 1.35. The van der Waals surface area contributed by atoms with Gasteiger partial charge in [-0.05, 0) is 12.1 Å². The SMILES string of the molecule is Fc1ccccc1NCC(F)(F)F. The zero-order chi connectivity index (χ0) is 9.90. The van der Waals surface area contributed by atoms with E-state index in [1.54, 1.807) is 0 Å². The average molecular weight is 193 g/mol. The Bertz CT molecular complexity index is 282. The fourth-order valence-electron chi connectivity index (χ4n) is 0.800. The maximum atomic E-state index is 12.7. The van der Waals surface area contributed by atoms with E-state index < -0.39 is 18.5 Å². The summed E-state index contributed by atoms with van der Waals surface area (Å²) >= 11 is 0. The second-order valence-corrected chi connectivity index (χ2v) is 2.45. The van der Waals surface area contributed by atoms with E-state index in [-0.39, 0.29) is 5.69 Å². The predicted octanol–water partition coefficient (Wildman–Crippen LogP) is 2.80. The summed E-state index contributed by atoms with van der Waals surface area (Å²) in [5.41, 5.74) is -0.139. The van der Waals surface area contributed by atoms with Gasteiger partial charge < -0.3 is 5.32 Å². The van der Waals surface area contributed by atoms with Crippen LogP contribution in [0.25, 0.3) is 0 Å². The topological polar surface area (TPSA) is 12.0 Å². The molecule has 13 heavy (non-hydrogen) atoms. The largest absolute Gasteiger partial charge is 0.405 e. The van der Waals surface area contributed by atoms with Crippen LogP contribution in [0, 0.1) is 5.82 Å². The summed E-state index contributed by atoms with van der Waals surface area (Å²) < 4.78 is 47.8. The van der Waals surface area contributed by atoms with E-state index in [1.165, 1.54) is 18.2 Å². The molecule has 0 unspecified atom stereocenters. The molecule has 0 aliphatic heterocycles. The molecule has 0 saturated carbocycles. The summed E-state index contributed by atoms with van der Waals surface area (Å²) in [5.74, 6) is -0.688. The van der Waals surface area contributed by atoms with Crippen LogP contribution in [-0.4, -0.2) is 12.7 Å². The van der Waals surface area contributed by atoms with Crippen molar-refractivity contribution in [2.75, 3.05) is 11.9 Å². The number of hydrogen-bond acceptors (Lipinski definition) is 1. The third-order valence-electron chi connectivity index (χ3n) is 1.35. The Labute approximate surface area is 72.4 Å². The first kappa shape index (κ1) is 9.83. The van der Waals surface area contributed by atoms with Crippen LogP contribution in [0.5, 0.6) is 0 Å². The number of alkyl halides is 3. The molecule has 0 radical (unpaired) electrons.